The average molecular weight is 381 g/mol. The highest BCUT2D eigenvalue weighted by Gasteiger charge is 2.28. The second-order valence-corrected chi connectivity index (χ2v) is 7.48. The monoisotopic (exact) mass is 380 g/mol. The van der Waals surface area contributed by atoms with Crippen molar-refractivity contribution in [2.75, 3.05) is 6.54 Å². The van der Waals surface area contributed by atoms with Gasteiger partial charge in [0.2, 0.25) is 0 Å². The third-order valence-electron chi connectivity index (χ3n) is 4.69. The van der Waals surface area contributed by atoms with E-state index in [0.717, 1.165) is 17.7 Å². The van der Waals surface area contributed by atoms with Crippen molar-refractivity contribution in [3.8, 4) is 0 Å². The molecule has 0 unspecified atom stereocenters. The van der Waals surface area contributed by atoms with Gasteiger partial charge in [-0.05, 0) is 42.0 Å². The van der Waals surface area contributed by atoms with Gasteiger partial charge >= 0.3 is 0 Å². The summed E-state index contributed by atoms with van der Waals surface area (Å²) in [5.74, 6) is 0.551. The van der Waals surface area contributed by atoms with Crippen LogP contribution in [0.2, 0.25) is 5.02 Å². The molecule has 0 spiro atoms. The van der Waals surface area contributed by atoms with Gasteiger partial charge in [0.25, 0.3) is 5.91 Å². The number of halogens is 1. The second kappa shape index (κ2) is 7.92. The summed E-state index contributed by atoms with van der Waals surface area (Å²) in [6.45, 7) is 1.93. The van der Waals surface area contributed by atoms with E-state index >= 15 is 0 Å². The van der Waals surface area contributed by atoms with Crippen molar-refractivity contribution in [2.24, 2.45) is 5.92 Å². The lowest BCUT2D eigenvalue weighted by atomic mass is 10.2. The van der Waals surface area contributed by atoms with Crippen LogP contribution in [0.25, 0.3) is 0 Å². The van der Waals surface area contributed by atoms with E-state index in [1.165, 1.54) is 12.8 Å². The Labute approximate surface area is 163 Å². The molecule has 1 aliphatic carbocycles. The standard InChI is InChI=1S/C21H21ClN4O/c22-19-10-8-18(9-11-19)14-26-15-20(23-24-26)21(27)25(13-17-6-7-17)12-16-4-2-1-3-5-16/h1-5,8-11,15,17H,6-7,12-14H2. The summed E-state index contributed by atoms with van der Waals surface area (Å²) in [6, 6.07) is 17.7. The summed E-state index contributed by atoms with van der Waals surface area (Å²) in [7, 11) is 0. The predicted molar refractivity (Wildman–Crippen MR) is 104 cm³/mol. The largest absolute Gasteiger partial charge is 0.333 e. The molecule has 4 rings (SSSR count). The van der Waals surface area contributed by atoms with Crippen molar-refractivity contribution in [2.45, 2.75) is 25.9 Å². The lowest BCUT2D eigenvalue weighted by Gasteiger charge is -2.21. The molecule has 138 valence electrons. The fourth-order valence-electron chi connectivity index (χ4n) is 3.05. The molecule has 1 amide bonds. The molecule has 1 saturated carbocycles. The first-order valence-electron chi connectivity index (χ1n) is 9.15. The minimum Gasteiger partial charge on any atom is -0.333 e. The first-order valence-corrected chi connectivity index (χ1v) is 9.53. The van der Waals surface area contributed by atoms with Crippen molar-refractivity contribution in [3.05, 3.63) is 82.6 Å². The normalized spacial score (nSPS) is 13.5. The van der Waals surface area contributed by atoms with Gasteiger partial charge in [0.1, 0.15) is 0 Å². The van der Waals surface area contributed by atoms with Gasteiger partial charge < -0.3 is 4.90 Å². The van der Waals surface area contributed by atoms with Crippen LogP contribution in [0.3, 0.4) is 0 Å². The van der Waals surface area contributed by atoms with Crippen LogP contribution in [0.5, 0.6) is 0 Å². The van der Waals surface area contributed by atoms with Gasteiger partial charge in [0.05, 0.1) is 12.7 Å². The van der Waals surface area contributed by atoms with Gasteiger partial charge in [0.15, 0.2) is 5.69 Å². The third kappa shape index (κ3) is 4.74. The van der Waals surface area contributed by atoms with E-state index in [4.69, 9.17) is 11.6 Å². The van der Waals surface area contributed by atoms with Gasteiger partial charge in [0, 0.05) is 18.1 Å². The minimum atomic E-state index is -0.0619. The van der Waals surface area contributed by atoms with E-state index < -0.39 is 0 Å². The zero-order valence-electron chi connectivity index (χ0n) is 15.0. The molecular weight excluding hydrogens is 360 g/mol. The molecule has 1 heterocycles. The molecule has 0 bridgehead atoms. The zero-order chi connectivity index (χ0) is 18.6. The van der Waals surface area contributed by atoms with Crippen LogP contribution < -0.4 is 0 Å². The number of hydrogen-bond acceptors (Lipinski definition) is 3. The van der Waals surface area contributed by atoms with Crippen LogP contribution in [0, 0.1) is 5.92 Å². The fourth-order valence-corrected chi connectivity index (χ4v) is 3.17. The molecule has 27 heavy (non-hydrogen) atoms. The van der Waals surface area contributed by atoms with Crippen LogP contribution in [0.4, 0.5) is 0 Å². The van der Waals surface area contributed by atoms with Crippen molar-refractivity contribution in [1.82, 2.24) is 19.9 Å². The molecule has 2 aromatic carbocycles. The van der Waals surface area contributed by atoms with Crippen molar-refractivity contribution in [3.63, 3.8) is 0 Å². The summed E-state index contributed by atoms with van der Waals surface area (Å²) in [4.78, 5) is 14.9. The number of benzene rings is 2. The molecule has 0 N–H and O–H groups in total. The Hall–Kier alpha value is -2.66. The van der Waals surface area contributed by atoms with E-state index in [1.54, 1.807) is 10.9 Å². The highest BCUT2D eigenvalue weighted by Crippen LogP contribution is 2.30. The fraction of sp³-hybridized carbons (Fsp3) is 0.286. The molecule has 1 aliphatic rings. The predicted octanol–water partition coefficient (Wildman–Crippen LogP) is 4.03. The summed E-state index contributed by atoms with van der Waals surface area (Å²) >= 11 is 5.92. The number of hydrogen-bond donors (Lipinski definition) is 0. The number of aromatic nitrogens is 3. The van der Waals surface area contributed by atoms with Crippen LogP contribution >= 0.6 is 11.6 Å². The summed E-state index contributed by atoms with van der Waals surface area (Å²) in [5, 5.41) is 8.94. The van der Waals surface area contributed by atoms with Crippen LogP contribution in [-0.2, 0) is 13.1 Å². The summed E-state index contributed by atoms with van der Waals surface area (Å²) in [5.41, 5.74) is 2.57. The Bertz CT molecular complexity index is 903. The number of carbonyl (C=O) groups excluding carboxylic acids is 1. The molecule has 0 saturated heterocycles. The number of amides is 1. The van der Waals surface area contributed by atoms with Crippen LogP contribution in [0.15, 0.2) is 60.8 Å². The van der Waals surface area contributed by atoms with Crippen LogP contribution in [-0.4, -0.2) is 32.3 Å². The van der Waals surface area contributed by atoms with E-state index in [9.17, 15) is 4.79 Å². The topological polar surface area (TPSA) is 51.0 Å². The lowest BCUT2D eigenvalue weighted by Crippen LogP contribution is -2.32. The van der Waals surface area contributed by atoms with Gasteiger partial charge in [-0.15, -0.1) is 5.10 Å². The Balaban J connectivity index is 1.47. The summed E-state index contributed by atoms with van der Waals surface area (Å²) < 4.78 is 1.69. The Morgan fingerprint density at radius 3 is 2.52 bits per heavy atom. The number of rotatable bonds is 7. The highest BCUT2D eigenvalue weighted by atomic mass is 35.5. The number of nitrogens with zero attached hydrogens (tertiary/aromatic N) is 4. The van der Waals surface area contributed by atoms with Gasteiger partial charge in [-0.2, -0.15) is 0 Å². The smallest absolute Gasteiger partial charge is 0.276 e. The van der Waals surface area contributed by atoms with E-state index in [-0.39, 0.29) is 5.91 Å². The lowest BCUT2D eigenvalue weighted by molar-refractivity contribution is 0.0729. The molecule has 6 heteroatoms. The average Bonchev–Trinajstić information content (AvgIpc) is 3.39. The van der Waals surface area contributed by atoms with Crippen molar-refractivity contribution >= 4 is 17.5 Å². The number of carbonyl (C=O) groups is 1. The molecule has 0 atom stereocenters. The maximum absolute atomic E-state index is 13.0. The SMILES string of the molecule is O=C(c1cn(Cc2ccc(Cl)cc2)nn1)N(Cc1ccccc1)CC1CC1. The molecule has 5 nitrogen and oxygen atoms in total. The maximum atomic E-state index is 13.0. The quantitative estimate of drug-likeness (QED) is 0.621. The molecule has 3 aromatic rings. The molecule has 0 radical (unpaired) electrons. The maximum Gasteiger partial charge on any atom is 0.276 e. The summed E-state index contributed by atoms with van der Waals surface area (Å²) in [6.07, 6.45) is 4.12. The Kier molecular flexibility index (Phi) is 5.21. The van der Waals surface area contributed by atoms with Gasteiger partial charge in [-0.25, -0.2) is 4.68 Å². The first kappa shape index (κ1) is 17.7. The van der Waals surface area contributed by atoms with Crippen molar-refractivity contribution in [1.29, 1.82) is 0 Å². The Morgan fingerprint density at radius 2 is 1.81 bits per heavy atom. The molecular formula is C21H21ClN4O. The Morgan fingerprint density at radius 1 is 1.07 bits per heavy atom. The van der Waals surface area contributed by atoms with Crippen molar-refractivity contribution < 1.29 is 4.79 Å². The third-order valence-corrected chi connectivity index (χ3v) is 4.95. The molecule has 1 aromatic heterocycles. The molecule has 0 aliphatic heterocycles. The molecule has 1 fully saturated rings. The van der Waals surface area contributed by atoms with E-state index in [1.807, 2.05) is 59.5 Å². The highest BCUT2D eigenvalue weighted by molar-refractivity contribution is 6.30. The van der Waals surface area contributed by atoms with E-state index in [2.05, 4.69) is 10.3 Å². The van der Waals surface area contributed by atoms with Crippen LogP contribution in [0.1, 0.15) is 34.5 Å². The van der Waals surface area contributed by atoms with Gasteiger partial charge in [-0.1, -0.05) is 59.3 Å². The second-order valence-electron chi connectivity index (χ2n) is 7.04. The zero-order valence-corrected chi connectivity index (χ0v) is 15.7. The first-order chi connectivity index (χ1) is 13.2. The van der Waals surface area contributed by atoms with E-state index in [0.29, 0.717) is 29.7 Å². The minimum absolute atomic E-state index is 0.0619. The van der Waals surface area contributed by atoms with Gasteiger partial charge in [-0.3, -0.25) is 4.79 Å².